The molecular formula is C27H24N2O8. The molecule has 3 rings (SSSR count). The molecule has 0 aliphatic carbocycles. The second kappa shape index (κ2) is 12.1. The molecule has 10 nitrogen and oxygen atoms in total. The van der Waals surface area contributed by atoms with Crippen molar-refractivity contribution in [1.29, 1.82) is 0 Å². The van der Waals surface area contributed by atoms with Gasteiger partial charge in [0.25, 0.3) is 11.8 Å². The van der Waals surface area contributed by atoms with Crippen LogP contribution in [0.2, 0.25) is 0 Å². The van der Waals surface area contributed by atoms with E-state index in [1.165, 1.54) is 36.4 Å². The van der Waals surface area contributed by atoms with Gasteiger partial charge in [-0.1, -0.05) is 53.6 Å². The van der Waals surface area contributed by atoms with Crippen molar-refractivity contribution in [2.75, 3.05) is 0 Å². The largest absolute Gasteiger partial charge is 0.478 e. The van der Waals surface area contributed by atoms with Crippen LogP contribution < -0.4 is 10.9 Å². The molecule has 3 N–H and O–H groups in total. The number of benzene rings is 3. The highest BCUT2D eigenvalue weighted by atomic mass is 16.6. The summed E-state index contributed by atoms with van der Waals surface area (Å²) in [5.74, 6) is -5.77. The lowest BCUT2D eigenvalue weighted by Crippen LogP contribution is -2.54. The SMILES string of the molecule is Cc1ccc(C(=O)O[C@H](C(=O)O)[C@H](OC(=O)c2ccc(C)cc2)C(=O)NNC(=O)c2ccccc2)cc1. The second-order valence-electron chi connectivity index (χ2n) is 8.03. The van der Waals surface area contributed by atoms with Crippen LogP contribution in [0.3, 0.4) is 0 Å². The molecule has 37 heavy (non-hydrogen) atoms. The molecule has 10 heteroatoms. The number of amides is 2. The highest BCUT2D eigenvalue weighted by Crippen LogP contribution is 2.14. The van der Waals surface area contributed by atoms with E-state index in [0.717, 1.165) is 11.1 Å². The Kier molecular flexibility index (Phi) is 8.71. The smallest absolute Gasteiger partial charge is 0.349 e. The topological polar surface area (TPSA) is 148 Å². The average Bonchev–Trinajstić information content (AvgIpc) is 2.89. The Morgan fingerprint density at radius 1 is 0.622 bits per heavy atom. The number of aliphatic carboxylic acids is 1. The van der Waals surface area contributed by atoms with Gasteiger partial charge in [0.15, 0.2) is 0 Å². The first-order valence-corrected chi connectivity index (χ1v) is 11.1. The van der Waals surface area contributed by atoms with E-state index in [0.29, 0.717) is 0 Å². The zero-order valence-electron chi connectivity index (χ0n) is 20.0. The van der Waals surface area contributed by atoms with Crippen LogP contribution >= 0.6 is 0 Å². The highest BCUT2D eigenvalue weighted by Gasteiger charge is 2.41. The van der Waals surface area contributed by atoms with E-state index in [1.807, 2.05) is 5.43 Å². The van der Waals surface area contributed by atoms with Gasteiger partial charge in [0, 0.05) is 5.56 Å². The lowest BCUT2D eigenvalue weighted by atomic mass is 10.1. The predicted molar refractivity (Wildman–Crippen MR) is 130 cm³/mol. The molecule has 0 spiro atoms. The summed E-state index contributed by atoms with van der Waals surface area (Å²) in [6.45, 7) is 3.59. The van der Waals surface area contributed by atoms with Crippen molar-refractivity contribution >= 4 is 29.7 Å². The van der Waals surface area contributed by atoms with Crippen molar-refractivity contribution in [1.82, 2.24) is 10.9 Å². The van der Waals surface area contributed by atoms with Gasteiger partial charge in [0.2, 0.25) is 12.2 Å². The van der Waals surface area contributed by atoms with Crippen LogP contribution in [0.5, 0.6) is 0 Å². The molecule has 2 atom stereocenters. The Hall–Kier alpha value is -4.99. The zero-order chi connectivity index (χ0) is 26.9. The van der Waals surface area contributed by atoms with Gasteiger partial charge >= 0.3 is 17.9 Å². The van der Waals surface area contributed by atoms with Crippen LogP contribution in [0, 0.1) is 13.8 Å². The number of esters is 2. The minimum Gasteiger partial charge on any atom is -0.478 e. The quantitative estimate of drug-likeness (QED) is 0.313. The predicted octanol–water partition coefficient (Wildman–Crippen LogP) is 2.60. The van der Waals surface area contributed by atoms with Gasteiger partial charge in [-0.15, -0.1) is 0 Å². The molecule has 0 bridgehead atoms. The number of ether oxygens (including phenoxy) is 2. The van der Waals surface area contributed by atoms with Crippen LogP contribution in [0.4, 0.5) is 0 Å². The fourth-order valence-corrected chi connectivity index (χ4v) is 3.09. The molecular weight excluding hydrogens is 480 g/mol. The van der Waals surface area contributed by atoms with E-state index in [-0.39, 0.29) is 16.7 Å². The Bertz CT molecular complexity index is 1290. The lowest BCUT2D eigenvalue weighted by molar-refractivity contribution is -0.159. The van der Waals surface area contributed by atoms with E-state index in [2.05, 4.69) is 5.43 Å². The van der Waals surface area contributed by atoms with Gasteiger partial charge in [-0.2, -0.15) is 0 Å². The minimum absolute atomic E-state index is 0.0262. The standard InChI is InChI=1S/C27H24N2O8/c1-16-8-12-19(13-9-16)26(34)36-21(24(31)29-28-23(30)18-6-4-3-5-7-18)22(25(32)33)37-27(35)20-14-10-17(2)11-15-20/h3-15,21-22H,1-2H3,(H,28,30)(H,29,31)(H,32,33)/t21-,22-/m0/s1. The van der Waals surface area contributed by atoms with Crippen molar-refractivity contribution in [2.24, 2.45) is 0 Å². The Labute approximate surface area is 212 Å². The number of hydrazine groups is 1. The van der Waals surface area contributed by atoms with E-state index in [9.17, 15) is 29.1 Å². The molecule has 2 amide bonds. The summed E-state index contributed by atoms with van der Waals surface area (Å²) in [6.07, 6.45) is -4.37. The summed E-state index contributed by atoms with van der Waals surface area (Å²) in [7, 11) is 0. The van der Waals surface area contributed by atoms with Crippen molar-refractivity contribution in [3.8, 4) is 0 Å². The molecule has 0 saturated carbocycles. The third-order valence-electron chi connectivity index (χ3n) is 5.15. The van der Waals surface area contributed by atoms with Crippen molar-refractivity contribution < 1.29 is 38.6 Å². The summed E-state index contributed by atoms with van der Waals surface area (Å²) in [6, 6.07) is 20.1. The molecule has 0 aliphatic rings. The summed E-state index contributed by atoms with van der Waals surface area (Å²) in [5, 5.41) is 9.77. The number of carbonyl (C=O) groups is 5. The monoisotopic (exact) mass is 504 g/mol. The highest BCUT2D eigenvalue weighted by molar-refractivity contribution is 5.99. The maximum Gasteiger partial charge on any atom is 0.349 e. The zero-order valence-corrected chi connectivity index (χ0v) is 20.0. The summed E-state index contributed by atoms with van der Waals surface area (Å²) >= 11 is 0. The van der Waals surface area contributed by atoms with Gasteiger partial charge in [-0.3, -0.25) is 20.4 Å². The number of aryl methyl sites for hydroxylation is 2. The van der Waals surface area contributed by atoms with Gasteiger partial charge < -0.3 is 14.6 Å². The van der Waals surface area contributed by atoms with Gasteiger partial charge in [-0.25, -0.2) is 14.4 Å². The number of hydrogen-bond donors (Lipinski definition) is 3. The molecule has 190 valence electrons. The van der Waals surface area contributed by atoms with E-state index >= 15 is 0 Å². The first-order chi connectivity index (χ1) is 17.7. The van der Waals surface area contributed by atoms with Crippen molar-refractivity contribution in [3.05, 3.63) is 107 Å². The first-order valence-electron chi connectivity index (χ1n) is 11.1. The fourth-order valence-electron chi connectivity index (χ4n) is 3.09. The van der Waals surface area contributed by atoms with Crippen LogP contribution in [0.15, 0.2) is 78.9 Å². The van der Waals surface area contributed by atoms with E-state index in [1.54, 1.807) is 56.3 Å². The molecule has 3 aromatic carbocycles. The number of carboxylic acids is 1. The number of carbonyl (C=O) groups excluding carboxylic acids is 4. The second-order valence-corrected chi connectivity index (χ2v) is 8.03. The van der Waals surface area contributed by atoms with E-state index in [4.69, 9.17) is 9.47 Å². The number of carboxylic acid groups (broad SMARTS) is 1. The van der Waals surface area contributed by atoms with Crippen LogP contribution in [0.25, 0.3) is 0 Å². The van der Waals surface area contributed by atoms with Gasteiger partial charge in [-0.05, 0) is 50.2 Å². The molecule has 0 aromatic heterocycles. The van der Waals surface area contributed by atoms with Crippen LogP contribution in [-0.4, -0.2) is 47.0 Å². The normalized spacial score (nSPS) is 11.9. The van der Waals surface area contributed by atoms with E-state index < -0.39 is 41.9 Å². The maximum atomic E-state index is 13.0. The lowest BCUT2D eigenvalue weighted by Gasteiger charge is -2.23. The van der Waals surface area contributed by atoms with Crippen molar-refractivity contribution in [2.45, 2.75) is 26.1 Å². The van der Waals surface area contributed by atoms with Crippen molar-refractivity contribution in [3.63, 3.8) is 0 Å². The molecule has 3 aromatic rings. The van der Waals surface area contributed by atoms with Crippen LogP contribution in [-0.2, 0) is 19.1 Å². The molecule has 0 unspecified atom stereocenters. The van der Waals surface area contributed by atoms with Gasteiger partial charge in [0.05, 0.1) is 11.1 Å². The first kappa shape index (κ1) is 26.6. The minimum atomic E-state index is -2.23. The number of rotatable bonds is 8. The Morgan fingerprint density at radius 2 is 1.08 bits per heavy atom. The summed E-state index contributed by atoms with van der Waals surface area (Å²) in [4.78, 5) is 62.7. The Morgan fingerprint density at radius 3 is 1.54 bits per heavy atom. The fraction of sp³-hybridized carbons (Fsp3) is 0.148. The third-order valence-corrected chi connectivity index (χ3v) is 5.15. The number of nitrogens with one attached hydrogen (secondary N) is 2. The van der Waals surface area contributed by atoms with Crippen LogP contribution in [0.1, 0.15) is 42.2 Å². The Balaban J connectivity index is 1.84. The molecule has 0 saturated heterocycles. The van der Waals surface area contributed by atoms with Gasteiger partial charge in [0.1, 0.15) is 0 Å². The average molecular weight is 504 g/mol. The molecule has 0 radical (unpaired) electrons. The summed E-state index contributed by atoms with van der Waals surface area (Å²) < 4.78 is 10.3. The number of hydrogen-bond acceptors (Lipinski definition) is 7. The molecule has 0 fully saturated rings. The summed E-state index contributed by atoms with van der Waals surface area (Å²) in [5.41, 5.74) is 6.12. The maximum absolute atomic E-state index is 13.0. The molecule has 0 heterocycles. The molecule has 0 aliphatic heterocycles. The third kappa shape index (κ3) is 7.25.